The van der Waals surface area contributed by atoms with Crippen molar-refractivity contribution in [1.82, 2.24) is 5.32 Å². The molecule has 0 fully saturated rings. The van der Waals surface area contributed by atoms with Gasteiger partial charge in [-0.3, -0.25) is 4.79 Å². The normalized spacial score (nSPS) is 13.6. The van der Waals surface area contributed by atoms with E-state index in [9.17, 15) is 13.2 Å². The first kappa shape index (κ1) is 16.5. The fourth-order valence-corrected chi connectivity index (χ4v) is 3.72. The van der Waals surface area contributed by atoms with Gasteiger partial charge in [-0.1, -0.05) is 13.8 Å². The Morgan fingerprint density at radius 1 is 1.47 bits per heavy atom. The SMILES string of the molecule is CC(C)CC(C)NC(=O)c1cc(S(=O)(=O)Cl)c(Br)o1. The third-order valence-electron chi connectivity index (χ3n) is 2.34. The number of rotatable bonds is 5. The molecule has 0 saturated heterocycles. The average molecular weight is 373 g/mol. The van der Waals surface area contributed by atoms with Crippen LogP contribution >= 0.6 is 26.6 Å². The average Bonchev–Trinajstić information content (AvgIpc) is 2.58. The van der Waals surface area contributed by atoms with E-state index in [-0.39, 0.29) is 21.4 Å². The van der Waals surface area contributed by atoms with E-state index in [4.69, 9.17) is 15.1 Å². The van der Waals surface area contributed by atoms with Crippen LogP contribution in [-0.2, 0) is 9.05 Å². The maximum atomic E-state index is 11.9. The second-order valence-electron chi connectivity index (χ2n) is 4.69. The molecule has 0 aliphatic rings. The number of carbonyl (C=O) groups is 1. The summed E-state index contributed by atoms with van der Waals surface area (Å²) < 4.78 is 27.4. The predicted molar refractivity (Wildman–Crippen MR) is 75.8 cm³/mol. The van der Waals surface area contributed by atoms with Crippen LogP contribution < -0.4 is 5.32 Å². The minimum atomic E-state index is -3.94. The van der Waals surface area contributed by atoms with Crippen LogP contribution in [0.4, 0.5) is 0 Å². The number of halogens is 2. The van der Waals surface area contributed by atoms with Crippen LogP contribution in [-0.4, -0.2) is 20.4 Å². The number of furan rings is 1. The molecule has 1 atom stereocenters. The van der Waals surface area contributed by atoms with Crippen LogP contribution in [0.5, 0.6) is 0 Å². The monoisotopic (exact) mass is 371 g/mol. The van der Waals surface area contributed by atoms with Crippen molar-refractivity contribution in [3.05, 3.63) is 16.5 Å². The second kappa shape index (κ2) is 6.28. The molecule has 1 heterocycles. The Balaban J connectivity index is 2.85. The number of hydrogen-bond donors (Lipinski definition) is 1. The smallest absolute Gasteiger partial charge is 0.287 e. The van der Waals surface area contributed by atoms with Gasteiger partial charge in [0.05, 0.1) is 0 Å². The molecule has 1 aromatic rings. The first-order chi connectivity index (χ1) is 8.61. The lowest BCUT2D eigenvalue weighted by Crippen LogP contribution is -2.33. The first-order valence-electron chi connectivity index (χ1n) is 5.66. The maximum absolute atomic E-state index is 11.9. The number of carbonyl (C=O) groups excluding carboxylic acids is 1. The summed E-state index contributed by atoms with van der Waals surface area (Å²) >= 11 is 2.92. The van der Waals surface area contributed by atoms with Gasteiger partial charge in [0, 0.05) is 22.8 Å². The van der Waals surface area contributed by atoms with E-state index in [1.807, 2.05) is 20.8 Å². The van der Waals surface area contributed by atoms with E-state index < -0.39 is 15.0 Å². The summed E-state index contributed by atoms with van der Waals surface area (Å²) in [4.78, 5) is 11.6. The molecule has 0 spiro atoms. The van der Waals surface area contributed by atoms with E-state index in [0.29, 0.717) is 5.92 Å². The third kappa shape index (κ3) is 4.81. The van der Waals surface area contributed by atoms with Gasteiger partial charge >= 0.3 is 0 Å². The molecule has 1 N–H and O–H groups in total. The minimum Gasteiger partial charge on any atom is -0.443 e. The highest BCUT2D eigenvalue weighted by molar-refractivity contribution is 9.10. The quantitative estimate of drug-likeness (QED) is 0.806. The zero-order chi connectivity index (χ0) is 14.8. The molecule has 0 aliphatic heterocycles. The maximum Gasteiger partial charge on any atom is 0.287 e. The van der Waals surface area contributed by atoms with Crippen LogP contribution in [0.15, 0.2) is 20.0 Å². The highest BCUT2D eigenvalue weighted by atomic mass is 79.9. The van der Waals surface area contributed by atoms with Gasteiger partial charge in [0.2, 0.25) is 0 Å². The van der Waals surface area contributed by atoms with Crippen LogP contribution in [0.25, 0.3) is 0 Å². The van der Waals surface area contributed by atoms with Gasteiger partial charge in [0.15, 0.2) is 10.4 Å². The van der Waals surface area contributed by atoms with E-state index in [0.717, 1.165) is 12.5 Å². The molecule has 1 amide bonds. The molecular weight excluding hydrogens is 358 g/mol. The summed E-state index contributed by atoms with van der Waals surface area (Å²) in [6.45, 7) is 5.96. The Kier molecular flexibility index (Phi) is 5.46. The van der Waals surface area contributed by atoms with Gasteiger partial charge in [0.1, 0.15) is 4.90 Å². The Hall–Kier alpha value is -0.530. The highest BCUT2D eigenvalue weighted by Gasteiger charge is 2.23. The van der Waals surface area contributed by atoms with Crippen molar-refractivity contribution in [2.24, 2.45) is 5.92 Å². The second-order valence-corrected chi connectivity index (χ2v) is 7.95. The summed E-state index contributed by atoms with van der Waals surface area (Å²) in [5.41, 5.74) is 0. The van der Waals surface area contributed by atoms with Crippen molar-refractivity contribution in [2.45, 2.75) is 38.1 Å². The van der Waals surface area contributed by atoms with Crippen LogP contribution in [0, 0.1) is 5.92 Å². The van der Waals surface area contributed by atoms with Gasteiger partial charge in [-0.25, -0.2) is 8.42 Å². The Bertz CT molecular complexity index is 567. The van der Waals surface area contributed by atoms with Crippen molar-refractivity contribution in [3.63, 3.8) is 0 Å². The topological polar surface area (TPSA) is 76.4 Å². The zero-order valence-electron chi connectivity index (χ0n) is 10.7. The van der Waals surface area contributed by atoms with Crippen LogP contribution in [0.2, 0.25) is 0 Å². The van der Waals surface area contributed by atoms with Gasteiger partial charge in [-0.15, -0.1) is 0 Å². The van der Waals surface area contributed by atoms with E-state index in [1.54, 1.807) is 0 Å². The summed E-state index contributed by atoms with van der Waals surface area (Å²) in [6, 6.07) is 1.07. The molecule has 19 heavy (non-hydrogen) atoms. The fraction of sp³-hybridized carbons (Fsp3) is 0.545. The lowest BCUT2D eigenvalue weighted by molar-refractivity contribution is 0.0906. The molecule has 0 aliphatic carbocycles. The van der Waals surface area contributed by atoms with Crippen LogP contribution in [0.3, 0.4) is 0 Å². The lowest BCUT2D eigenvalue weighted by Gasteiger charge is -2.14. The Morgan fingerprint density at radius 3 is 2.47 bits per heavy atom. The largest absolute Gasteiger partial charge is 0.443 e. The summed E-state index contributed by atoms with van der Waals surface area (Å²) in [5.74, 6) is -0.125. The molecule has 8 heteroatoms. The Labute approximate surface area is 125 Å². The molecule has 108 valence electrons. The molecule has 0 saturated carbocycles. The molecule has 0 bridgehead atoms. The first-order valence-corrected chi connectivity index (χ1v) is 8.76. The van der Waals surface area contributed by atoms with E-state index >= 15 is 0 Å². The van der Waals surface area contributed by atoms with E-state index in [2.05, 4.69) is 21.2 Å². The number of nitrogens with one attached hydrogen (secondary N) is 1. The van der Waals surface area contributed by atoms with E-state index in [1.165, 1.54) is 0 Å². The predicted octanol–water partition coefficient (Wildman–Crippen LogP) is 3.13. The number of hydrogen-bond acceptors (Lipinski definition) is 4. The number of amides is 1. The molecular formula is C11H15BrClNO4S. The molecule has 1 rings (SSSR count). The van der Waals surface area contributed by atoms with Crippen molar-refractivity contribution in [2.75, 3.05) is 0 Å². The fourth-order valence-electron chi connectivity index (χ4n) is 1.69. The van der Waals surface area contributed by atoms with Crippen molar-refractivity contribution in [3.8, 4) is 0 Å². The van der Waals surface area contributed by atoms with Gasteiger partial charge in [-0.2, -0.15) is 0 Å². The molecule has 0 radical (unpaired) electrons. The summed E-state index contributed by atoms with van der Waals surface area (Å²) in [6.07, 6.45) is 0.814. The van der Waals surface area contributed by atoms with Crippen LogP contribution in [0.1, 0.15) is 37.7 Å². The van der Waals surface area contributed by atoms with Gasteiger partial charge in [-0.05, 0) is 35.2 Å². The highest BCUT2D eigenvalue weighted by Crippen LogP contribution is 2.28. The Morgan fingerprint density at radius 2 is 2.05 bits per heavy atom. The zero-order valence-corrected chi connectivity index (χ0v) is 13.9. The third-order valence-corrected chi connectivity index (χ3v) is 4.52. The van der Waals surface area contributed by atoms with Crippen molar-refractivity contribution < 1.29 is 17.6 Å². The van der Waals surface area contributed by atoms with Crippen molar-refractivity contribution >= 4 is 41.6 Å². The lowest BCUT2D eigenvalue weighted by atomic mass is 10.1. The molecule has 1 unspecified atom stereocenters. The molecule has 0 aromatic carbocycles. The van der Waals surface area contributed by atoms with Gasteiger partial charge < -0.3 is 9.73 Å². The summed E-state index contributed by atoms with van der Waals surface area (Å²) in [7, 11) is 1.26. The summed E-state index contributed by atoms with van der Waals surface area (Å²) in [5, 5.41) is 2.73. The standard InChI is InChI=1S/C11H15BrClNO4S/c1-6(2)4-7(3)14-11(15)8-5-9(10(12)18-8)19(13,16)17/h5-7H,4H2,1-3H3,(H,14,15). The van der Waals surface area contributed by atoms with Crippen molar-refractivity contribution in [1.29, 1.82) is 0 Å². The van der Waals surface area contributed by atoms with Gasteiger partial charge in [0.25, 0.3) is 15.0 Å². The molecule has 5 nitrogen and oxygen atoms in total. The minimum absolute atomic E-state index is 0.0348. The molecule has 1 aromatic heterocycles.